The SMILES string of the molecule is CCCCNCc1csc(N(CC)CCOCC)n1. The van der Waals surface area contributed by atoms with E-state index in [1.54, 1.807) is 11.3 Å². The van der Waals surface area contributed by atoms with E-state index in [1.807, 2.05) is 6.92 Å². The molecule has 1 N–H and O–H groups in total. The number of anilines is 1. The van der Waals surface area contributed by atoms with Crippen LogP contribution >= 0.6 is 11.3 Å². The van der Waals surface area contributed by atoms with Crippen LogP contribution in [0.15, 0.2) is 5.38 Å². The molecule has 1 aromatic heterocycles. The predicted octanol–water partition coefficient (Wildman–Crippen LogP) is 2.90. The molecule has 0 atom stereocenters. The van der Waals surface area contributed by atoms with E-state index in [0.29, 0.717) is 0 Å². The molecular formula is C14H27N3OS. The maximum absolute atomic E-state index is 5.41. The van der Waals surface area contributed by atoms with Crippen LogP contribution in [0.2, 0.25) is 0 Å². The van der Waals surface area contributed by atoms with Gasteiger partial charge in [-0.15, -0.1) is 11.3 Å². The smallest absolute Gasteiger partial charge is 0.185 e. The third kappa shape index (κ3) is 6.36. The molecule has 0 saturated heterocycles. The van der Waals surface area contributed by atoms with E-state index in [1.165, 1.54) is 12.8 Å². The second kappa shape index (κ2) is 10.2. The van der Waals surface area contributed by atoms with Gasteiger partial charge in [0.25, 0.3) is 0 Å². The predicted molar refractivity (Wildman–Crippen MR) is 83.1 cm³/mol. The summed E-state index contributed by atoms with van der Waals surface area (Å²) in [7, 11) is 0. The maximum atomic E-state index is 5.41. The van der Waals surface area contributed by atoms with Crippen LogP contribution in [0.1, 0.15) is 39.3 Å². The first-order valence-electron chi connectivity index (χ1n) is 7.29. The van der Waals surface area contributed by atoms with E-state index in [-0.39, 0.29) is 0 Å². The molecule has 0 bridgehead atoms. The minimum absolute atomic E-state index is 0.772. The van der Waals surface area contributed by atoms with Gasteiger partial charge in [-0.1, -0.05) is 13.3 Å². The number of ether oxygens (including phenoxy) is 1. The van der Waals surface area contributed by atoms with Gasteiger partial charge in [0.05, 0.1) is 12.3 Å². The van der Waals surface area contributed by atoms with Crippen LogP contribution < -0.4 is 10.2 Å². The van der Waals surface area contributed by atoms with Gasteiger partial charge in [-0.25, -0.2) is 4.98 Å². The van der Waals surface area contributed by atoms with E-state index in [9.17, 15) is 0 Å². The molecule has 1 heterocycles. The number of hydrogen-bond acceptors (Lipinski definition) is 5. The van der Waals surface area contributed by atoms with Crippen LogP contribution in [0.5, 0.6) is 0 Å². The molecule has 0 aromatic carbocycles. The van der Waals surface area contributed by atoms with Crippen LogP contribution in [0.3, 0.4) is 0 Å². The minimum atomic E-state index is 0.772. The Kier molecular flexibility index (Phi) is 8.79. The summed E-state index contributed by atoms with van der Waals surface area (Å²) in [4.78, 5) is 6.96. The van der Waals surface area contributed by atoms with E-state index >= 15 is 0 Å². The second-order valence-corrected chi connectivity index (χ2v) is 5.26. The Morgan fingerprint density at radius 3 is 2.89 bits per heavy atom. The van der Waals surface area contributed by atoms with Crippen LogP contribution in [0.25, 0.3) is 0 Å². The van der Waals surface area contributed by atoms with E-state index in [2.05, 4.69) is 34.4 Å². The molecule has 5 heteroatoms. The van der Waals surface area contributed by atoms with Gasteiger partial charge in [-0.3, -0.25) is 0 Å². The number of thiazole rings is 1. The molecule has 0 radical (unpaired) electrons. The number of rotatable bonds is 11. The number of nitrogens with one attached hydrogen (secondary N) is 1. The van der Waals surface area contributed by atoms with Crippen molar-refractivity contribution in [2.75, 3.05) is 37.7 Å². The number of unbranched alkanes of at least 4 members (excludes halogenated alkanes) is 1. The highest BCUT2D eigenvalue weighted by Gasteiger charge is 2.09. The standard InChI is InChI=1S/C14H27N3OS/c1-4-7-8-15-11-13-12-19-14(16-13)17(5-2)9-10-18-6-3/h12,15H,4-11H2,1-3H3. The summed E-state index contributed by atoms with van der Waals surface area (Å²) < 4.78 is 5.41. The van der Waals surface area contributed by atoms with Crippen molar-refractivity contribution in [1.82, 2.24) is 10.3 Å². The quantitative estimate of drug-likeness (QED) is 0.634. The summed E-state index contributed by atoms with van der Waals surface area (Å²) in [5, 5.41) is 6.68. The van der Waals surface area contributed by atoms with E-state index in [0.717, 1.165) is 50.2 Å². The topological polar surface area (TPSA) is 37.4 Å². The first-order valence-corrected chi connectivity index (χ1v) is 8.17. The summed E-state index contributed by atoms with van der Waals surface area (Å²) in [6.07, 6.45) is 2.46. The van der Waals surface area contributed by atoms with Gasteiger partial charge in [-0.05, 0) is 26.8 Å². The average molecular weight is 285 g/mol. The number of nitrogens with zero attached hydrogens (tertiary/aromatic N) is 2. The summed E-state index contributed by atoms with van der Waals surface area (Å²) in [6, 6.07) is 0. The molecule has 0 amide bonds. The van der Waals surface area contributed by atoms with Crippen molar-refractivity contribution in [1.29, 1.82) is 0 Å². The number of aromatic nitrogens is 1. The van der Waals surface area contributed by atoms with Gasteiger partial charge in [0.15, 0.2) is 5.13 Å². The molecule has 0 spiro atoms. The lowest BCUT2D eigenvalue weighted by Gasteiger charge is -2.19. The number of likely N-dealkylation sites (N-methyl/N-ethyl adjacent to an activating group) is 1. The van der Waals surface area contributed by atoms with Crippen LogP contribution in [0.4, 0.5) is 5.13 Å². The molecule has 0 aliphatic heterocycles. The van der Waals surface area contributed by atoms with Crippen LogP contribution in [-0.4, -0.2) is 37.8 Å². The highest BCUT2D eigenvalue weighted by atomic mass is 32.1. The third-order valence-corrected chi connectivity index (χ3v) is 3.86. The van der Waals surface area contributed by atoms with Crippen LogP contribution in [-0.2, 0) is 11.3 Å². The molecule has 4 nitrogen and oxygen atoms in total. The highest BCUT2D eigenvalue weighted by molar-refractivity contribution is 7.13. The van der Waals surface area contributed by atoms with Crippen molar-refractivity contribution in [3.05, 3.63) is 11.1 Å². The fourth-order valence-electron chi connectivity index (χ4n) is 1.75. The lowest BCUT2D eigenvalue weighted by Crippen LogP contribution is -2.27. The lowest BCUT2D eigenvalue weighted by atomic mass is 10.3. The van der Waals surface area contributed by atoms with Gasteiger partial charge in [0.1, 0.15) is 0 Å². The molecule has 0 aliphatic carbocycles. The first-order chi connectivity index (χ1) is 9.31. The molecular weight excluding hydrogens is 258 g/mol. The number of hydrogen-bond donors (Lipinski definition) is 1. The van der Waals surface area contributed by atoms with Gasteiger partial charge in [0.2, 0.25) is 0 Å². The van der Waals surface area contributed by atoms with Crippen molar-refractivity contribution < 1.29 is 4.74 Å². The Morgan fingerprint density at radius 1 is 1.37 bits per heavy atom. The summed E-state index contributed by atoms with van der Waals surface area (Å²) in [5.41, 5.74) is 1.14. The zero-order valence-corrected chi connectivity index (χ0v) is 13.3. The molecule has 0 saturated carbocycles. The van der Waals surface area contributed by atoms with Gasteiger partial charge in [-0.2, -0.15) is 0 Å². The van der Waals surface area contributed by atoms with E-state index < -0.39 is 0 Å². The zero-order chi connectivity index (χ0) is 13.9. The Labute approximate surface area is 121 Å². The fourth-order valence-corrected chi connectivity index (χ4v) is 2.67. The summed E-state index contributed by atoms with van der Waals surface area (Å²) >= 11 is 1.72. The summed E-state index contributed by atoms with van der Waals surface area (Å²) in [5.74, 6) is 0. The largest absolute Gasteiger partial charge is 0.380 e. The van der Waals surface area contributed by atoms with Gasteiger partial charge >= 0.3 is 0 Å². The molecule has 1 rings (SSSR count). The van der Waals surface area contributed by atoms with Crippen molar-refractivity contribution in [3.63, 3.8) is 0 Å². The molecule has 19 heavy (non-hydrogen) atoms. The summed E-state index contributed by atoms with van der Waals surface area (Å²) in [6.45, 7) is 11.8. The van der Waals surface area contributed by atoms with Gasteiger partial charge in [0, 0.05) is 31.6 Å². The Bertz CT molecular complexity index is 330. The zero-order valence-electron chi connectivity index (χ0n) is 12.4. The third-order valence-electron chi connectivity index (χ3n) is 2.91. The van der Waals surface area contributed by atoms with Crippen molar-refractivity contribution in [2.24, 2.45) is 0 Å². The first kappa shape index (κ1) is 16.4. The Hall–Kier alpha value is -0.650. The van der Waals surface area contributed by atoms with E-state index in [4.69, 9.17) is 4.74 Å². The van der Waals surface area contributed by atoms with Crippen LogP contribution in [0, 0.1) is 0 Å². The van der Waals surface area contributed by atoms with Gasteiger partial charge < -0.3 is 15.0 Å². The molecule has 0 aliphatic rings. The minimum Gasteiger partial charge on any atom is -0.380 e. The van der Waals surface area contributed by atoms with Crippen molar-refractivity contribution >= 4 is 16.5 Å². The normalized spacial score (nSPS) is 10.9. The Morgan fingerprint density at radius 2 is 2.21 bits per heavy atom. The van der Waals surface area contributed by atoms with Crippen molar-refractivity contribution in [2.45, 2.75) is 40.2 Å². The Balaban J connectivity index is 2.37. The average Bonchev–Trinajstić information content (AvgIpc) is 2.88. The maximum Gasteiger partial charge on any atom is 0.185 e. The lowest BCUT2D eigenvalue weighted by molar-refractivity contribution is 0.154. The molecule has 0 fully saturated rings. The van der Waals surface area contributed by atoms with Crippen molar-refractivity contribution in [3.8, 4) is 0 Å². The highest BCUT2D eigenvalue weighted by Crippen LogP contribution is 2.20. The molecule has 1 aromatic rings. The molecule has 110 valence electrons. The monoisotopic (exact) mass is 285 g/mol. The molecule has 0 unspecified atom stereocenters. The fraction of sp³-hybridized carbons (Fsp3) is 0.786. The second-order valence-electron chi connectivity index (χ2n) is 4.43.